The third-order valence-corrected chi connectivity index (χ3v) is 13.0. The maximum absolute atomic E-state index is 11.8. The highest BCUT2D eigenvalue weighted by Crippen LogP contribution is 2.69. The normalized spacial score (nSPS) is 42.9. The SMILES string of the molecule is COC(=O)CC[C@@H](C)C1CCC2C3C(CC[C@@]21C)[C@@]1(C)CC[C@@H](NCCNC(C)C)CC1C[C@H]3SC. The molecule has 5 heteroatoms. The Morgan fingerprint density at radius 2 is 1.72 bits per heavy atom. The number of rotatable bonds is 10. The topological polar surface area (TPSA) is 50.4 Å². The van der Waals surface area contributed by atoms with Gasteiger partial charge in [-0.3, -0.25) is 4.79 Å². The van der Waals surface area contributed by atoms with Crippen LogP contribution >= 0.6 is 11.8 Å². The second-order valence-electron chi connectivity index (χ2n) is 13.9. The minimum atomic E-state index is -0.0415. The maximum Gasteiger partial charge on any atom is 0.305 e. The van der Waals surface area contributed by atoms with Gasteiger partial charge in [-0.05, 0) is 110 Å². The number of thioether (sulfide) groups is 1. The van der Waals surface area contributed by atoms with Crippen molar-refractivity contribution in [1.29, 1.82) is 0 Å². The fourth-order valence-corrected chi connectivity index (χ4v) is 11.0. The molecule has 36 heavy (non-hydrogen) atoms. The van der Waals surface area contributed by atoms with Crippen molar-refractivity contribution in [3.05, 3.63) is 0 Å². The zero-order valence-electron chi connectivity index (χ0n) is 24.4. The summed E-state index contributed by atoms with van der Waals surface area (Å²) >= 11 is 2.19. The standard InChI is InChI=1S/C31H56N2O2S/c1-20(2)32-16-17-33-23-12-14-30(4)22(18-23)19-27(36-7)29-25-10-9-24(21(3)8-11-28(34)35-6)31(25,5)15-13-26(29)30/h20-27,29,32-33H,8-19H2,1-7H3/t21-,22?,23-,24?,25?,26?,27-,29?,30+,31-/m1/s1. The van der Waals surface area contributed by atoms with Crippen LogP contribution < -0.4 is 10.6 Å². The van der Waals surface area contributed by atoms with Crippen molar-refractivity contribution in [2.24, 2.45) is 46.3 Å². The lowest BCUT2D eigenvalue weighted by Crippen LogP contribution is -2.59. The second kappa shape index (κ2) is 11.9. The predicted molar refractivity (Wildman–Crippen MR) is 153 cm³/mol. The van der Waals surface area contributed by atoms with Crippen LogP contribution in [0.1, 0.15) is 98.8 Å². The molecule has 10 atom stereocenters. The fraction of sp³-hybridized carbons (Fsp3) is 0.968. The first-order valence-corrected chi connectivity index (χ1v) is 16.5. The van der Waals surface area contributed by atoms with Gasteiger partial charge in [0.15, 0.2) is 0 Å². The lowest BCUT2D eigenvalue weighted by Gasteiger charge is -2.63. The minimum absolute atomic E-state index is 0.0415. The number of carbonyl (C=O) groups is 1. The summed E-state index contributed by atoms with van der Waals surface area (Å²) < 4.78 is 4.95. The summed E-state index contributed by atoms with van der Waals surface area (Å²) in [5, 5.41) is 8.30. The van der Waals surface area contributed by atoms with E-state index < -0.39 is 0 Å². The summed E-state index contributed by atoms with van der Waals surface area (Å²) in [4.78, 5) is 11.8. The van der Waals surface area contributed by atoms with Crippen molar-refractivity contribution in [3.63, 3.8) is 0 Å². The van der Waals surface area contributed by atoms with Crippen molar-refractivity contribution in [3.8, 4) is 0 Å². The number of nitrogens with one attached hydrogen (secondary N) is 2. The van der Waals surface area contributed by atoms with Gasteiger partial charge in [0.2, 0.25) is 0 Å². The molecule has 4 fully saturated rings. The summed E-state index contributed by atoms with van der Waals surface area (Å²) in [6.45, 7) is 14.4. The van der Waals surface area contributed by atoms with Crippen LogP contribution in [0.2, 0.25) is 0 Å². The number of esters is 1. The zero-order chi connectivity index (χ0) is 26.1. The van der Waals surface area contributed by atoms with E-state index in [1.165, 1.54) is 58.5 Å². The molecule has 208 valence electrons. The van der Waals surface area contributed by atoms with E-state index in [-0.39, 0.29) is 5.97 Å². The second-order valence-corrected chi connectivity index (χ2v) is 14.9. The molecule has 4 aliphatic rings. The van der Waals surface area contributed by atoms with Crippen LogP contribution in [-0.2, 0) is 9.53 Å². The van der Waals surface area contributed by atoms with E-state index in [1.54, 1.807) is 0 Å². The molecule has 0 aromatic rings. The number of ether oxygens (including phenoxy) is 1. The summed E-state index contributed by atoms with van der Waals surface area (Å²) in [7, 11) is 1.52. The van der Waals surface area contributed by atoms with Crippen molar-refractivity contribution >= 4 is 17.7 Å². The molecule has 5 unspecified atom stereocenters. The lowest BCUT2D eigenvalue weighted by atomic mass is 9.44. The van der Waals surface area contributed by atoms with E-state index in [4.69, 9.17) is 4.74 Å². The number of hydrogen-bond donors (Lipinski definition) is 2. The van der Waals surface area contributed by atoms with E-state index in [9.17, 15) is 4.79 Å². The van der Waals surface area contributed by atoms with Crippen molar-refractivity contribution in [2.45, 2.75) is 116 Å². The zero-order valence-corrected chi connectivity index (χ0v) is 25.2. The lowest BCUT2D eigenvalue weighted by molar-refractivity contribution is -0.141. The average molecular weight is 521 g/mol. The smallest absolute Gasteiger partial charge is 0.305 e. The predicted octanol–water partition coefficient (Wildman–Crippen LogP) is 6.53. The molecule has 0 aliphatic heterocycles. The summed E-state index contributed by atoms with van der Waals surface area (Å²) in [6.07, 6.45) is 15.2. The summed E-state index contributed by atoms with van der Waals surface area (Å²) in [5.41, 5.74) is 0.983. The molecule has 4 saturated carbocycles. The molecular weight excluding hydrogens is 464 g/mol. The summed E-state index contributed by atoms with van der Waals surface area (Å²) in [5.74, 6) is 4.87. The van der Waals surface area contributed by atoms with E-state index in [2.05, 4.69) is 63.3 Å². The van der Waals surface area contributed by atoms with Crippen molar-refractivity contribution < 1.29 is 9.53 Å². The Hall–Kier alpha value is -0.260. The number of carbonyl (C=O) groups excluding carboxylic acids is 1. The first kappa shape index (κ1) is 28.7. The molecule has 0 bridgehead atoms. The molecule has 0 heterocycles. The van der Waals surface area contributed by atoms with Crippen molar-refractivity contribution in [1.82, 2.24) is 10.6 Å². The quantitative estimate of drug-likeness (QED) is 0.253. The molecule has 0 amide bonds. The Bertz CT molecular complexity index is 746. The Balaban J connectivity index is 1.44. The monoisotopic (exact) mass is 520 g/mol. The van der Waals surface area contributed by atoms with Gasteiger partial charge in [-0.15, -0.1) is 0 Å². The van der Waals surface area contributed by atoms with Crippen LogP contribution in [0.4, 0.5) is 0 Å². The van der Waals surface area contributed by atoms with E-state index in [0.29, 0.717) is 35.3 Å². The number of hydrogen-bond acceptors (Lipinski definition) is 5. The van der Waals surface area contributed by atoms with Crippen LogP contribution in [0.5, 0.6) is 0 Å². The summed E-state index contributed by atoms with van der Waals surface area (Å²) in [6, 6.07) is 1.28. The first-order chi connectivity index (χ1) is 17.1. The minimum Gasteiger partial charge on any atom is -0.469 e. The van der Waals surface area contributed by atoms with Gasteiger partial charge >= 0.3 is 5.97 Å². The average Bonchev–Trinajstić information content (AvgIpc) is 3.21. The van der Waals surface area contributed by atoms with Crippen LogP contribution in [0.15, 0.2) is 0 Å². The highest BCUT2D eigenvalue weighted by atomic mass is 32.2. The fourth-order valence-electron chi connectivity index (χ4n) is 9.89. The van der Waals surface area contributed by atoms with Gasteiger partial charge in [0, 0.05) is 36.8 Å². The molecule has 0 aromatic heterocycles. The molecule has 0 aromatic carbocycles. The van der Waals surface area contributed by atoms with Crippen LogP contribution in [0.3, 0.4) is 0 Å². The highest BCUT2D eigenvalue weighted by molar-refractivity contribution is 7.99. The van der Waals surface area contributed by atoms with Crippen LogP contribution in [0.25, 0.3) is 0 Å². The molecular formula is C31H56N2O2S. The Morgan fingerprint density at radius 1 is 1.00 bits per heavy atom. The molecule has 0 spiro atoms. The Labute approximate surface area is 226 Å². The van der Waals surface area contributed by atoms with Crippen LogP contribution in [-0.4, -0.2) is 49.8 Å². The maximum atomic E-state index is 11.8. The first-order valence-electron chi connectivity index (χ1n) is 15.2. The van der Waals surface area contributed by atoms with Gasteiger partial charge in [0.25, 0.3) is 0 Å². The molecule has 2 N–H and O–H groups in total. The Morgan fingerprint density at radius 3 is 2.42 bits per heavy atom. The number of methoxy groups -OCH3 is 1. The van der Waals surface area contributed by atoms with Crippen molar-refractivity contribution in [2.75, 3.05) is 26.5 Å². The van der Waals surface area contributed by atoms with Gasteiger partial charge in [-0.2, -0.15) is 11.8 Å². The molecule has 0 saturated heterocycles. The van der Waals surface area contributed by atoms with Gasteiger partial charge < -0.3 is 15.4 Å². The Kier molecular flexibility index (Phi) is 9.47. The van der Waals surface area contributed by atoms with Gasteiger partial charge in [0.05, 0.1) is 7.11 Å². The largest absolute Gasteiger partial charge is 0.469 e. The van der Waals surface area contributed by atoms with Crippen LogP contribution in [0, 0.1) is 46.3 Å². The van der Waals surface area contributed by atoms with Gasteiger partial charge in [-0.1, -0.05) is 34.6 Å². The van der Waals surface area contributed by atoms with E-state index in [0.717, 1.165) is 54.3 Å². The molecule has 4 aliphatic carbocycles. The van der Waals surface area contributed by atoms with Gasteiger partial charge in [0.1, 0.15) is 0 Å². The van der Waals surface area contributed by atoms with E-state index >= 15 is 0 Å². The third-order valence-electron chi connectivity index (χ3n) is 11.9. The molecule has 4 rings (SSSR count). The third kappa shape index (κ3) is 5.55. The highest BCUT2D eigenvalue weighted by Gasteiger charge is 2.62. The number of fused-ring (bicyclic) bond motifs is 5. The van der Waals surface area contributed by atoms with Gasteiger partial charge in [-0.25, -0.2) is 0 Å². The molecule has 4 nitrogen and oxygen atoms in total. The van der Waals surface area contributed by atoms with E-state index in [1.807, 2.05) is 0 Å². The molecule has 0 radical (unpaired) electrons.